The molecular weight excluding hydrogens is 274 g/mol. The van der Waals surface area contributed by atoms with Gasteiger partial charge in [-0.1, -0.05) is 30.3 Å². The van der Waals surface area contributed by atoms with Crippen LogP contribution >= 0.6 is 0 Å². The molecule has 0 bridgehead atoms. The Balaban J connectivity index is 1.96. The number of rotatable bonds is 5. The third-order valence-corrected chi connectivity index (χ3v) is 3.18. The molecule has 5 heteroatoms. The van der Waals surface area contributed by atoms with Gasteiger partial charge in [0.1, 0.15) is 11.6 Å². The van der Waals surface area contributed by atoms with Crippen LogP contribution in [-0.4, -0.2) is 5.91 Å². The first-order valence-electron chi connectivity index (χ1n) is 6.57. The highest BCUT2D eigenvalue weighted by Crippen LogP contribution is 2.11. The minimum absolute atomic E-state index is 0.128. The summed E-state index contributed by atoms with van der Waals surface area (Å²) >= 11 is 0. The molecule has 3 N–H and O–H groups in total. The van der Waals surface area contributed by atoms with Crippen LogP contribution in [0.4, 0.5) is 8.78 Å². The maximum absolute atomic E-state index is 13.5. The van der Waals surface area contributed by atoms with Crippen molar-refractivity contribution < 1.29 is 13.6 Å². The van der Waals surface area contributed by atoms with Crippen LogP contribution in [0.1, 0.15) is 16.7 Å². The normalized spacial score (nSPS) is 10.4. The van der Waals surface area contributed by atoms with E-state index in [4.69, 9.17) is 5.73 Å². The van der Waals surface area contributed by atoms with Gasteiger partial charge in [-0.3, -0.25) is 4.79 Å². The average Bonchev–Trinajstić information content (AvgIpc) is 2.48. The zero-order chi connectivity index (χ0) is 15.2. The molecule has 0 heterocycles. The molecule has 0 aromatic heterocycles. The number of halogens is 2. The van der Waals surface area contributed by atoms with Crippen LogP contribution < -0.4 is 11.1 Å². The quantitative estimate of drug-likeness (QED) is 0.887. The molecule has 2 aromatic carbocycles. The lowest BCUT2D eigenvalue weighted by molar-refractivity contribution is -0.120. The Morgan fingerprint density at radius 2 is 1.76 bits per heavy atom. The molecule has 0 radical (unpaired) electrons. The molecule has 110 valence electrons. The van der Waals surface area contributed by atoms with Gasteiger partial charge in [0.25, 0.3) is 0 Å². The minimum Gasteiger partial charge on any atom is -0.352 e. The van der Waals surface area contributed by atoms with Crippen LogP contribution in [0.25, 0.3) is 0 Å². The SMILES string of the molecule is NCc1ccccc1CNC(=O)Cc1ccc(F)cc1F. The summed E-state index contributed by atoms with van der Waals surface area (Å²) in [6.45, 7) is 0.716. The van der Waals surface area contributed by atoms with E-state index in [1.807, 2.05) is 24.3 Å². The fourth-order valence-corrected chi connectivity index (χ4v) is 2.02. The molecule has 0 aliphatic carbocycles. The number of carbonyl (C=O) groups excluding carboxylic acids is 1. The van der Waals surface area contributed by atoms with Gasteiger partial charge in [-0.05, 0) is 22.8 Å². The zero-order valence-corrected chi connectivity index (χ0v) is 11.4. The van der Waals surface area contributed by atoms with Crippen LogP contribution in [-0.2, 0) is 24.3 Å². The van der Waals surface area contributed by atoms with Gasteiger partial charge in [0, 0.05) is 19.2 Å². The van der Waals surface area contributed by atoms with Crippen LogP contribution in [0.5, 0.6) is 0 Å². The summed E-state index contributed by atoms with van der Waals surface area (Å²) in [5.41, 5.74) is 7.66. The van der Waals surface area contributed by atoms with Gasteiger partial charge in [-0.2, -0.15) is 0 Å². The number of benzene rings is 2. The van der Waals surface area contributed by atoms with E-state index in [0.29, 0.717) is 13.1 Å². The third kappa shape index (κ3) is 4.10. The van der Waals surface area contributed by atoms with Crippen LogP contribution in [0.3, 0.4) is 0 Å². The maximum atomic E-state index is 13.5. The largest absolute Gasteiger partial charge is 0.352 e. The third-order valence-electron chi connectivity index (χ3n) is 3.18. The first-order chi connectivity index (χ1) is 10.1. The highest BCUT2D eigenvalue weighted by molar-refractivity contribution is 5.78. The highest BCUT2D eigenvalue weighted by atomic mass is 19.1. The van der Waals surface area contributed by atoms with Crippen molar-refractivity contribution in [1.82, 2.24) is 5.32 Å². The molecule has 1 amide bonds. The molecular formula is C16H16F2N2O. The Morgan fingerprint density at radius 1 is 1.05 bits per heavy atom. The summed E-state index contributed by atoms with van der Waals surface area (Å²) in [6.07, 6.45) is -0.128. The molecule has 0 aliphatic rings. The van der Waals surface area contributed by atoms with Crippen molar-refractivity contribution >= 4 is 5.91 Å². The number of hydrogen-bond acceptors (Lipinski definition) is 2. The summed E-state index contributed by atoms with van der Waals surface area (Å²) in [5, 5.41) is 2.71. The van der Waals surface area contributed by atoms with E-state index in [1.165, 1.54) is 6.07 Å². The second-order valence-corrected chi connectivity index (χ2v) is 4.66. The second kappa shape index (κ2) is 6.95. The first kappa shape index (κ1) is 15.1. The van der Waals surface area contributed by atoms with Crippen molar-refractivity contribution in [3.05, 3.63) is 70.8 Å². The van der Waals surface area contributed by atoms with Crippen LogP contribution in [0.2, 0.25) is 0 Å². The average molecular weight is 290 g/mol. The smallest absolute Gasteiger partial charge is 0.224 e. The first-order valence-corrected chi connectivity index (χ1v) is 6.57. The topological polar surface area (TPSA) is 55.1 Å². The molecule has 0 saturated heterocycles. The molecule has 0 atom stereocenters. The van der Waals surface area contributed by atoms with Crippen molar-refractivity contribution in [1.29, 1.82) is 0 Å². The number of amides is 1. The Labute approximate surface area is 121 Å². The molecule has 0 spiro atoms. The van der Waals surface area contributed by atoms with E-state index >= 15 is 0 Å². The number of carbonyl (C=O) groups is 1. The number of hydrogen-bond donors (Lipinski definition) is 2. The van der Waals surface area contributed by atoms with E-state index in [2.05, 4.69) is 5.32 Å². The minimum atomic E-state index is -0.715. The number of nitrogens with one attached hydrogen (secondary N) is 1. The van der Waals surface area contributed by atoms with E-state index in [1.54, 1.807) is 0 Å². The van der Waals surface area contributed by atoms with Crippen molar-refractivity contribution in [2.75, 3.05) is 0 Å². The molecule has 2 rings (SSSR count). The van der Waals surface area contributed by atoms with E-state index in [0.717, 1.165) is 23.3 Å². The van der Waals surface area contributed by atoms with E-state index < -0.39 is 11.6 Å². The molecule has 0 saturated carbocycles. The molecule has 3 nitrogen and oxygen atoms in total. The summed E-state index contributed by atoms with van der Waals surface area (Å²) in [5.74, 6) is -1.70. The number of nitrogens with two attached hydrogens (primary N) is 1. The molecule has 21 heavy (non-hydrogen) atoms. The predicted molar refractivity (Wildman–Crippen MR) is 76.2 cm³/mol. The fraction of sp³-hybridized carbons (Fsp3) is 0.188. The molecule has 0 fully saturated rings. The van der Waals surface area contributed by atoms with Crippen molar-refractivity contribution in [2.24, 2.45) is 5.73 Å². The van der Waals surface area contributed by atoms with Gasteiger partial charge in [-0.15, -0.1) is 0 Å². The lowest BCUT2D eigenvalue weighted by atomic mass is 10.1. The van der Waals surface area contributed by atoms with Crippen molar-refractivity contribution in [3.63, 3.8) is 0 Å². The Hall–Kier alpha value is -2.27. The zero-order valence-electron chi connectivity index (χ0n) is 11.4. The van der Waals surface area contributed by atoms with Gasteiger partial charge in [-0.25, -0.2) is 8.78 Å². The summed E-state index contributed by atoms with van der Waals surface area (Å²) in [4.78, 5) is 11.8. The molecule has 0 unspecified atom stereocenters. The van der Waals surface area contributed by atoms with Crippen LogP contribution in [0, 0.1) is 11.6 Å². The summed E-state index contributed by atoms with van der Waals surface area (Å²) in [7, 11) is 0. The fourth-order valence-electron chi connectivity index (χ4n) is 2.02. The summed E-state index contributed by atoms with van der Waals surface area (Å²) < 4.78 is 26.2. The standard InChI is InChI=1S/C16H16F2N2O/c17-14-6-5-11(15(18)8-14)7-16(21)20-10-13-4-2-1-3-12(13)9-19/h1-6,8H,7,9-10,19H2,(H,20,21). The Kier molecular flexibility index (Phi) is 5.00. The molecule has 2 aromatic rings. The summed E-state index contributed by atoms with van der Waals surface area (Å²) in [6, 6.07) is 10.7. The predicted octanol–water partition coefficient (Wildman–Crippen LogP) is 2.28. The van der Waals surface area contributed by atoms with E-state index in [9.17, 15) is 13.6 Å². The van der Waals surface area contributed by atoms with Gasteiger partial charge >= 0.3 is 0 Å². The van der Waals surface area contributed by atoms with Gasteiger partial charge in [0.05, 0.1) is 6.42 Å². The van der Waals surface area contributed by atoms with Gasteiger partial charge in [0.15, 0.2) is 0 Å². The second-order valence-electron chi connectivity index (χ2n) is 4.66. The van der Waals surface area contributed by atoms with Crippen molar-refractivity contribution in [3.8, 4) is 0 Å². The van der Waals surface area contributed by atoms with E-state index in [-0.39, 0.29) is 17.9 Å². The lowest BCUT2D eigenvalue weighted by Crippen LogP contribution is -2.25. The molecule has 0 aliphatic heterocycles. The van der Waals surface area contributed by atoms with Crippen molar-refractivity contribution in [2.45, 2.75) is 19.5 Å². The Bertz CT molecular complexity index is 644. The van der Waals surface area contributed by atoms with Crippen LogP contribution in [0.15, 0.2) is 42.5 Å². The maximum Gasteiger partial charge on any atom is 0.224 e. The Morgan fingerprint density at radius 3 is 2.43 bits per heavy atom. The van der Waals surface area contributed by atoms with Gasteiger partial charge < -0.3 is 11.1 Å². The lowest BCUT2D eigenvalue weighted by Gasteiger charge is -2.09. The monoisotopic (exact) mass is 290 g/mol. The highest BCUT2D eigenvalue weighted by Gasteiger charge is 2.09. The van der Waals surface area contributed by atoms with Gasteiger partial charge in [0.2, 0.25) is 5.91 Å².